The van der Waals surface area contributed by atoms with Crippen LogP contribution in [0, 0.1) is 0 Å². The number of methoxy groups -OCH3 is 1. The molecule has 0 amide bonds. The van der Waals surface area contributed by atoms with Crippen LogP contribution < -0.4 is 0 Å². The molecule has 3 heteroatoms. The summed E-state index contributed by atoms with van der Waals surface area (Å²) in [5.41, 5.74) is 2.41. The molecule has 1 rings (SSSR count). The van der Waals surface area contributed by atoms with Crippen molar-refractivity contribution in [1.29, 1.82) is 0 Å². The summed E-state index contributed by atoms with van der Waals surface area (Å²) in [6.07, 6.45) is 0. The topological polar surface area (TPSA) is 26.3 Å². The van der Waals surface area contributed by atoms with Gasteiger partial charge in [0.15, 0.2) is 0 Å². The molecule has 0 aromatic heterocycles. The van der Waals surface area contributed by atoms with E-state index in [0.717, 1.165) is 10.9 Å². The Kier molecular flexibility index (Phi) is 2.87. The molecule has 0 aromatic carbocycles. The van der Waals surface area contributed by atoms with Crippen molar-refractivity contribution in [3.63, 3.8) is 0 Å². The van der Waals surface area contributed by atoms with E-state index < -0.39 is 7.26 Å². The van der Waals surface area contributed by atoms with Gasteiger partial charge < -0.3 is 0 Å². The molecule has 1 aliphatic rings. The van der Waals surface area contributed by atoms with Gasteiger partial charge in [-0.15, -0.1) is 0 Å². The van der Waals surface area contributed by atoms with Gasteiger partial charge in [0, 0.05) is 0 Å². The maximum absolute atomic E-state index is 11.7. The molecule has 0 aliphatic carbocycles. The number of esters is 1. The molecule has 0 N–H and O–H groups in total. The van der Waals surface area contributed by atoms with Crippen LogP contribution in [0.15, 0.2) is 21.8 Å². The van der Waals surface area contributed by atoms with E-state index in [2.05, 4.69) is 27.2 Å². The number of carbonyl (C=O) groups is 1. The molecule has 0 saturated heterocycles. The van der Waals surface area contributed by atoms with Crippen molar-refractivity contribution in [2.75, 3.05) is 20.4 Å². The van der Waals surface area contributed by atoms with Crippen molar-refractivity contribution in [3.05, 3.63) is 21.8 Å². The molecule has 1 heterocycles. The molecule has 1 aliphatic heterocycles. The van der Waals surface area contributed by atoms with Gasteiger partial charge in [-0.2, -0.15) is 0 Å². The van der Waals surface area contributed by atoms with Crippen molar-refractivity contribution >= 4 is 13.2 Å². The zero-order valence-corrected chi connectivity index (χ0v) is 10.8. The van der Waals surface area contributed by atoms with Gasteiger partial charge >= 0.3 is 85.7 Å². The summed E-state index contributed by atoms with van der Waals surface area (Å²) in [5, 5.41) is 2.34. The number of ether oxygens (including phenoxy) is 1. The zero-order valence-electron chi connectivity index (χ0n) is 9.82. The molecular formula is C11H19O2P. The Labute approximate surface area is 86.4 Å². The standard InChI is InChI=1S/C11H19O2P/c1-7-8(2)10(11(12)13-4)14(5,6)9(7)3/h14H,1-6H3. The second kappa shape index (κ2) is 3.51. The second-order valence-electron chi connectivity index (χ2n) is 4.37. The van der Waals surface area contributed by atoms with Gasteiger partial charge in [-0.05, 0) is 0 Å². The fraction of sp³-hybridized carbons (Fsp3) is 0.545. The van der Waals surface area contributed by atoms with Crippen LogP contribution in [-0.4, -0.2) is 26.4 Å². The molecule has 0 radical (unpaired) electrons. The Morgan fingerprint density at radius 1 is 1.14 bits per heavy atom. The zero-order chi connectivity index (χ0) is 11.1. The molecule has 0 saturated carbocycles. The molecular weight excluding hydrogens is 195 g/mol. The maximum atomic E-state index is 11.7. The van der Waals surface area contributed by atoms with Crippen molar-refractivity contribution < 1.29 is 9.53 Å². The van der Waals surface area contributed by atoms with Crippen LogP contribution in [0.5, 0.6) is 0 Å². The average molecular weight is 214 g/mol. The fourth-order valence-electron chi connectivity index (χ4n) is 2.10. The van der Waals surface area contributed by atoms with Crippen molar-refractivity contribution in [2.24, 2.45) is 0 Å². The van der Waals surface area contributed by atoms with Gasteiger partial charge in [0.05, 0.1) is 0 Å². The monoisotopic (exact) mass is 214 g/mol. The Morgan fingerprint density at radius 3 is 1.93 bits per heavy atom. The van der Waals surface area contributed by atoms with Crippen molar-refractivity contribution in [1.82, 2.24) is 0 Å². The van der Waals surface area contributed by atoms with E-state index in [-0.39, 0.29) is 5.97 Å². The number of rotatable bonds is 1. The van der Waals surface area contributed by atoms with E-state index in [1.165, 1.54) is 18.0 Å². The fourth-order valence-corrected chi connectivity index (χ4v) is 5.34. The van der Waals surface area contributed by atoms with Gasteiger partial charge in [0.2, 0.25) is 0 Å². The van der Waals surface area contributed by atoms with Gasteiger partial charge in [-0.25, -0.2) is 0 Å². The van der Waals surface area contributed by atoms with Gasteiger partial charge in [0.1, 0.15) is 0 Å². The van der Waals surface area contributed by atoms with Gasteiger partial charge in [0.25, 0.3) is 0 Å². The summed E-state index contributed by atoms with van der Waals surface area (Å²) < 4.78 is 4.85. The first kappa shape index (κ1) is 11.5. The number of carbonyl (C=O) groups excluding carboxylic acids is 1. The van der Waals surface area contributed by atoms with E-state index >= 15 is 0 Å². The number of hydrogen-bond acceptors (Lipinski definition) is 2. The third kappa shape index (κ3) is 1.42. The first-order valence-electron chi connectivity index (χ1n) is 4.82. The molecule has 0 unspecified atom stereocenters. The summed E-state index contributed by atoms with van der Waals surface area (Å²) in [7, 11) is -0.244. The normalized spacial score (nSPS) is 22.7. The average Bonchev–Trinajstić information content (AvgIpc) is 2.27. The predicted octanol–water partition coefficient (Wildman–Crippen LogP) is 2.75. The van der Waals surface area contributed by atoms with E-state index in [1.54, 1.807) is 0 Å². The van der Waals surface area contributed by atoms with E-state index in [1.807, 2.05) is 6.92 Å². The predicted molar refractivity (Wildman–Crippen MR) is 63.3 cm³/mol. The third-order valence-corrected chi connectivity index (χ3v) is 7.53. The quantitative estimate of drug-likeness (QED) is 0.495. The molecule has 0 spiro atoms. The Bertz CT molecular complexity index is 348. The van der Waals surface area contributed by atoms with Crippen LogP contribution in [0.3, 0.4) is 0 Å². The number of hydrogen-bond donors (Lipinski definition) is 0. The molecule has 0 fully saturated rings. The first-order chi connectivity index (χ1) is 6.34. The second-order valence-corrected chi connectivity index (χ2v) is 8.87. The van der Waals surface area contributed by atoms with Crippen molar-refractivity contribution in [3.8, 4) is 0 Å². The van der Waals surface area contributed by atoms with Crippen LogP contribution in [0.4, 0.5) is 0 Å². The van der Waals surface area contributed by atoms with Crippen LogP contribution in [0.2, 0.25) is 0 Å². The van der Waals surface area contributed by atoms with Crippen LogP contribution in [0.1, 0.15) is 20.8 Å². The minimum absolute atomic E-state index is 0.143. The van der Waals surface area contributed by atoms with Crippen molar-refractivity contribution in [2.45, 2.75) is 20.8 Å². The van der Waals surface area contributed by atoms with Crippen LogP contribution >= 0.6 is 7.26 Å². The Hall–Kier alpha value is -0.620. The van der Waals surface area contributed by atoms with E-state index in [9.17, 15) is 4.79 Å². The van der Waals surface area contributed by atoms with E-state index in [4.69, 9.17) is 4.74 Å². The first-order valence-corrected chi connectivity index (χ1v) is 7.82. The molecule has 2 nitrogen and oxygen atoms in total. The molecule has 80 valence electrons. The van der Waals surface area contributed by atoms with Gasteiger partial charge in [-0.3, -0.25) is 0 Å². The van der Waals surface area contributed by atoms with Gasteiger partial charge in [-0.1, -0.05) is 0 Å². The number of allylic oxidation sites excluding steroid dienone is 3. The minimum atomic E-state index is -1.70. The Morgan fingerprint density at radius 2 is 1.64 bits per heavy atom. The molecule has 0 aromatic rings. The Balaban J connectivity index is 3.29. The summed E-state index contributed by atoms with van der Waals surface area (Å²) in [6.45, 7) is 10.7. The van der Waals surface area contributed by atoms with Crippen LogP contribution in [-0.2, 0) is 9.53 Å². The summed E-state index contributed by atoms with van der Waals surface area (Å²) in [6, 6.07) is 0. The molecule has 0 atom stereocenters. The molecule has 0 bridgehead atoms. The molecule has 14 heavy (non-hydrogen) atoms. The van der Waals surface area contributed by atoms with E-state index in [0.29, 0.717) is 0 Å². The third-order valence-electron chi connectivity index (χ3n) is 3.45. The summed E-state index contributed by atoms with van der Waals surface area (Å²) >= 11 is 0. The summed E-state index contributed by atoms with van der Waals surface area (Å²) in [5.74, 6) is -0.143. The summed E-state index contributed by atoms with van der Waals surface area (Å²) in [4.78, 5) is 11.7. The van der Waals surface area contributed by atoms with Crippen LogP contribution in [0.25, 0.3) is 0 Å². The SMILES string of the molecule is COC(=O)C1=C(C)C(C)=C(C)[PH]1(C)C.